The van der Waals surface area contributed by atoms with Gasteiger partial charge in [-0.15, -0.1) is 0 Å². The van der Waals surface area contributed by atoms with Gasteiger partial charge in [0.05, 0.1) is 10.6 Å². The van der Waals surface area contributed by atoms with Crippen molar-refractivity contribution in [2.45, 2.75) is 57.4 Å². The van der Waals surface area contributed by atoms with E-state index in [0.29, 0.717) is 23.8 Å². The fraction of sp³-hybridized carbons (Fsp3) is 0.458. The number of benzene rings is 2. The van der Waals surface area contributed by atoms with Crippen LogP contribution in [-0.2, 0) is 10.0 Å². The Hall–Kier alpha value is -2.38. The second-order valence-electron chi connectivity index (χ2n) is 8.37. The lowest BCUT2D eigenvalue weighted by Crippen LogP contribution is -2.39. The smallest absolute Gasteiger partial charge is 0.261 e. The first-order chi connectivity index (χ1) is 14.8. The number of sulfonamides is 1. The Labute approximate surface area is 186 Å². The van der Waals surface area contributed by atoms with Gasteiger partial charge in [-0.25, -0.2) is 8.42 Å². The maximum absolute atomic E-state index is 12.7. The number of piperidine rings is 1. The van der Waals surface area contributed by atoms with Crippen molar-refractivity contribution < 1.29 is 13.2 Å². The molecule has 1 aliphatic rings. The van der Waals surface area contributed by atoms with Crippen molar-refractivity contribution in [2.75, 3.05) is 24.4 Å². The monoisotopic (exact) mass is 443 g/mol. The van der Waals surface area contributed by atoms with Crippen LogP contribution in [0, 0.1) is 13.8 Å². The van der Waals surface area contributed by atoms with Crippen LogP contribution in [0.5, 0.6) is 0 Å². The van der Waals surface area contributed by atoms with Crippen molar-refractivity contribution in [1.29, 1.82) is 0 Å². The quantitative estimate of drug-likeness (QED) is 0.602. The van der Waals surface area contributed by atoms with E-state index >= 15 is 0 Å². The third-order valence-electron chi connectivity index (χ3n) is 6.12. The molecule has 7 heteroatoms. The Morgan fingerprint density at radius 2 is 1.84 bits per heavy atom. The summed E-state index contributed by atoms with van der Waals surface area (Å²) in [6, 6.07) is 12.2. The summed E-state index contributed by atoms with van der Waals surface area (Å²) in [5, 5.41) is 2.93. The number of carbonyl (C=O) groups excluding carboxylic acids is 1. The molecule has 0 bridgehead atoms. The molecule has 1 heterocycles. The van der Waals surface area contributed by atoms with Crippen LogP contribution in [0.25, 0.3) is 0 Å². The molecule has 0 spiro atoms. The number of carbonyl (C=O) groups is 1. The number of anilines is 1. The van der Waals surface area contributed by atoms with E-state index in [-0.39, 0.29) is 10.8 Å². The van der Waals surface area contributed by atoms with Crippen molar-refractivity contribution in [1.82, 2.24) is 10.2 Å². The SMILES string of the molecule is Cc1cccc(NS(=O)(=O)c2ccc(C(=O)NCCCN3CCCCC3C)cc2)c1C. The maximum Gasteiger partial charge on any atom is 0.261 e. The van der Waals surface area contributed by atoms with Crippen LogP contribution in [0.1, 0.15) is 54.1 Å². The number of likely N-dealkylation sites (tertiary alicyclic amines) is 1. The van der Waals surface area contributed by atoms with E-state index in [4.69, 9.17) is 0 Å². The van der Waals surface area contributed by atoms with Crippen LogP contribution in [0.2, 0.25) is 0 Å². The summed E-state index contributed by atoms with van der Waals surface area (Å²) < 4.78 is 28.1. The molecule has 1 amide bonds. The van der Waals surface area contributed by atoms with Gasteiger partial charge in [0.15, 0.2) is 0 Å². The van der Waals surface area contributed by atoms with E-state index in [9.17, 15) is 13.2 Å². The number of nitrogens with one attached hydrogen (secondary N) is 2. The van der Waals surface area contributed by atoms with Gasteiger partial charge in [0.1, 0.15) is 0 Å². The highest BCUT2D eigenvalue weighted by Crippen LogP contribution is 2.22. The number of nitrogens with zero attached hydrogens (tertiary/aromatic N) is 1. The molecule has 0 aliphatic carbocycles. The van der Waals surface area contributed by atoms with Crippen molar-refractivity contribution in [3.8, 4) is 0 Å². The molecule has 168 valence electrons. The molecule has 1 unspecified atom stereocenters. The average molecular weight is 444 g/mol. The van der Waals surface area contributed by atoms with Crippen LogP contribution in [0.3, 0.4) is 0 Å². The van der Waals surface area contributed by atoms with E-state index in [1.165, 1.54) is 31.4 Å². The van der Waals surface area contributed by atoms with E-state index in [1.54, 1.807) is 18.2 Å². The number of hydrogen-bond acceptors (Lipinski definition) is 4. The molecule has 3 rings (SSSR count). The molecular weight excluding hydrogens is 410 g/mol. The minimum absolute atomic E-state index is 0.129. The number of amides is 1. The fourth-order valence-corrected chi connectivity index (χ4v) is 5.05. The van der Waals surface area contributed by atoms with Crippen molar-refractivity contribution in [3.05, 3.63) is 59.2 Å². The molecule has 2 aromatic rings. The molecule has 2 aromatic carbocycles. The summed E-state index contributed by atoms with van der Waals surface area (Å²) in [5.74, 6) is -0.182. The molecule has 1 aliphatic heterocycles. The largest absolute Gasteiger partial charge is 0.352 e. The summed E-state index contributed by atoms with van der Waals surface area (Å²) in [6.45, 7) is 8.82. The summed E-state index contributed by atoms with van der Waals surface area (Å²) in [6.07, 6.45) is 4.72. The minimum Gasteiger partial charge on any atom is -0.352 e. The van der Waals surface area contributed by atoms with Gasteiger partial charge in [0.2, 0.25) is 0 Å². The maximum atomic E-state index is 12.7. The average Bonchev–Trinajstić information content (AvgIpc) is 2.75. The van der Waals surface area contributed by atoms with Crippen LogP contribution in [0.15, 0.2) is 47.4 Å². The topological polar surface area (TPSA) is 78.5 Å². The van der Waals surface area contributed by atoms with Gasteiger partial charge in [-0.05, 0) is 88.0 Å². The standard InChI is InChI=1S/C24H33N3O3S/c1-18-8-6-10-23(20(18)3)26-31(29,30)22-13-11-21(12-14-22)24(28)25-15-7-17-27-16-5-4-9-19(27)2/h6,8,10-14,19,26H,4-5,7,9,15-17H2,1-3H3,(H,25,28). The van der Waals surface area contributed by atoms with Crippen LogP contribution >= 0.6 is 0 Å². The predicted molar refractivity (Wildman–Crippen MR) is 125 cm³/mol. The Kier molecular flexibility index (Phi) is 7.73. The first kappa shape index (κ1) is 23.3. The number of hydrogen-bond donors (Lipinski definition) is 2. The molecule has 2 N–H and O–H groups in total. The highest BCUT2D eigenvalue weighted by molar-refractivity contribution is 7.92. The second-order valence-corrected chi connectivity index (χ2v) is 10.0. The Balaban J connectivity index is 1.53. The zero-order valence-corrected chi connectivity index (χ0v) is 19.5. The van der Waals surface area contributed by atoms with Crippen LogP contribution < -0.4 is 10.0 Å². The van der Waals surface area contributed by atoms with Gasteiger partial charge in [-0.3, -0.25) is 9.52 Å². The van der Waals surface area contributed by atoms with Gasteiger partial charge in [0.25, 0.3) is 15.9 Å². The van der Waals surface area contributed by atoms with Crippen LogP contribution in [0.4, 0.5) is 5.69 Å². The van der Waals surface area contributed by atoms with E-state index in [2.05, 4.69) is 21.9 Å². The highest BCUT2D eigenvalue weighted by Gasteiger charge is 2.18. The molecule has 0 aromatic heterocycles. The van der Waals surface area contributed by atoms with Gasteiger partial charge < -0.3 is 10.2 Å². The lowest BCUT2D eigenvalue weighted by Gasteiger charge is -2.33. The molecule has 0 radical (unpaired) electrons. The number of aryl methyl sites for hydroxylation is 1. The zero-order valence-electron chi connectivity index (χ0n) is 18.6. The zero-order chi connectivity index (χ0) is 22.4. The highest BCUT2D eigenvalue weighted by atomic mass is 32.2. The third kappa shape index (κ3) is 6.08. The Bertz CT molecular complexity index is 1000. The second kappa shape index (κ2) is 10.3. The summed E-state index contributed by atoms with van der Waals surface area (Å²) in [7, 11) is -3.72. The summed E-state index contributed by atoms with van der Waals surface area (Å²) in [4.78, 5) is 15.0. The fourth-order valence-electron chi connectivity index (χ4n) is 3.93. The van der Waals surface area contributed by atoms with Gasteiger partial charge in [-0.2, -0.15) is 0 Å². The molecule has 0 saturated carbocycles. The molecule has 1 saturated heterocycles. The molecule has 31 heavy (non-hydrogen) atoms. The summed E-state index contributed by atoms with van der Waals surface area (Å²) >= 11 is 0. The molecule has 1 atom stereocenters. The third-order valence-corrected chi connectivity index (χ3v) is 7.51. The first-order valence-corrected chi connectivity index (χ1v) is 12.5. The van der Waals surface area contributed by atoms with E-state index < -0.39 is 10.0 Å². The van der Waals surface area contributed by atoms with E-state index in [1.807, 2.05) is 26.0 Å². The lowest BCUT2D eigenvalue weighted by molar-refractivity contribution is 0.0948. The van der Waals surface area contributed by atoms with Crippen LogP contribution in [-0.4, -0.2) is 44.9 Å². The normalized spacial score (nSPS) is 17.3. The van der Waals surface area contributed by atoms with Crippen molar-refractivity contribution >= 4 is 21.6 Å². The van der Waals surface area contributed by atoms with Gasteiger partial charge in [0, 0.05) is 24.7 Å². The van der Waals surface area contributed by atoms with E-state index in [0.717, 1.165) is 30.6 Å². The number of rotatable bonds is 8. The van der Waals surface area contributed by atoms with Crippen molar-refractivity contribution in [3.63, 3.8) is 0 Å². The Morgan fingerprint density at radius 1 is 1.10 bits per heavy atom. The Morgan fingerprint density at radius 3 is 2.55 bits per heavy atom. The molecular formula is C24H33N3O3S. The van der Waals surface area contributed by atoms with Gasteiger partial charge >= 0.3 is 0 Å². The van der Waals surface area contributed by atoms with Crippen molar-refractivity contribution in [2.24, 2.45) is 0 Å². The summed E-state index contributed by atoms with van der Waals surface area (Å²) in [5.41, 5.74) is 2.92. The molecule has 1 fully saturated rings. The first-order valence-electron chi connectivity index (χ1n) is 11.0. The minimum atomic E-state index is -3.72. The van der Waals surface area contributed by atoms with Gasteiger partial charge in [-0.1, -0.05) is 18.6 Å². The molecule has 6 nitrogen and oxygen atoms in total. The lowest BCUT2D eigenvalue weighted by atomic mass is 10.0. The predicted octanol–water partition coefficient (Wildman–Crippen LogP) is 4.10.